The fourth-order valence-corrected chi connectivity index (χ4v) is 3.87. The Bertz CT molecular complexity index is 712. The number of hydrogen-bond acceptors (Lipinski definition) is 6. The van der Waals surface area contributed by atoms with Crippen LogP contribution in [0.4, 0.5) is 10.8 Å². The van der Waals surface area contributed by atoms with Gasteiger partial charge in [0.1, 0.15) is 5.60 Å². The highest BCUT2D eigenvalue weighted by Crippen LogP contribution is 2.33. The molecule has 1 aromatic carbocycles. The second-order valence-electron chi connectivity index (χ2n) is 5.64. The Hall–Kier alpha value is -1.57. The van der Waals surface area contributed by atoms with Gasteiger partial charge in [0, 0.05) is 22.9 Å². The number of rotatable bonds is 7. The smallest absolute Gasteiger partial charge is 0.221 e. The summed E-state index contributed by atoms with van der Waals surface area (Å²) in [6.45, 7) is 7.38. The molecule has 130 valence electrons. The molecular weight excluding hydrogens is 342 g/mol. The van der Waals surface area contributed by atoms with Crippen LogP contribution in [0, 0.1) is 6.92 Å². The van der Waals surface area contributed by atoms with E-state index in [4.69, 9.17) is 0 Å². The highest BCUT2D eigenvalue weighted by atomic mass is 32.2. The van der Waals surface area contributed by atoms with E-state index >= 15 is 0 Å². The van der Waals surface area contributed by atoms with E-state index in [2.05, 4.69) is 15.0 Å². The van der Waals surface area contributed by atoms with Crippen LogP contribution in [0.2, 0.25) is 0 Å². The van der Waals surface area contributed by atoms with Gasteiger partial charge in [-0.05, 0) is 55.5 Å². The summed E-state index contributed by atoms with van der Waals surface area (Å²) in [5.74, 6) is -0.0775. The van der Waals surface area contributed by atoms with E-state index in [1.54, 1.807) is 0 Å². The van der Waals surface area contributed by atoms with E-state index in [-0.39, 0.29) is 5.91 Å². The molecule has 0 radical (unpaired) electrons. The number of nitrogens with zero attached hydrogens (tertiary/aromatic N) is 1. The molecule has 0 saturated carbocycles. The second kappa shape index (κ2) is 8.00. The molecular formula is C17H23N3O2S2. The first kappa shape index (κ1) is 18.8. The van der Waals surface area contributed by atoms with Crippen LogP contribution in [0.25, 0.3) is 0 Å². The monoisotopic (exact) mass is 365 g/mol. The molecule has 1 amide bonds. The Morgan fingerprint density at radius 3 is 2.67 bits per heavy atom. The third-order valence-electron chi connectivity index (χ3n) is 3.92. The van der Waals surface area contributed by atoms with Gasteiger partial charge in [0.2, 0.25) is 5.91 Å². The van der Waals surface area contributed by atoms with Crippen LogP contribution in [0.5, 0.6) is 0 Å². The molecule has 24 heavy (non-hydrogen) atoms. The molecule has 0 fully saturated rings. The number of amides is 1. The number of nitrogens with one attached hydrogen (secondary N) is 2. The molecule has 0 bridgehead atoms. The van der Waals surface area contributed by atoms with Crippen LogP contribution in [0.15, 0.2) is 28.5 Å². The summed E-state index contributed by atoms with van der Waals surface area (Å²) in [6, 6.07) is 5.84. The lowest BCUT2D eigenvalue weighted by atomic mass is 9.94. The molecule has 2 rings (SSSR count). The molecule has 0 aliphatic heterocycles. The zero-order valence-corrected chi connectivity index (χ0v) is 16.0. The van der Waals surface area contributed by atoms with Crippen LogP contribution >= 0.6 is 23.3 Å². The Morgan fingerprint density at radius 1 is 1.38 bits per heavy atom. The van der Waals surface area contributed by atoms with Crippen molar-refractivity contribution in [3.8, 4) is 0 Å². The number of aryl methyl sites for hydroxylation is 1. The van der Waals surface area contributed by atoms with Gasteiger partial charge >= 0.3 is 0 Å². The molecule has 3 N–H and O–H groups in total. The van der Waals surface area contributed by atoms with Crippen molar-refractivity contribution in [2.75, 3.05) is 10.0 Å². The average molecular weight is 366 g/mol. The predicted molar refractivity (Wildman–Crippen MR) is 102 cm³/mol. The number of aromatic nitrogens is 1. The number of benzene rings is 1. The van der Waals surface area contributed by atoms with Gasteiger partial charge in [-0.3, -0.25) is 4.79 Å². The standard InChI is InChI=1S/C17H23N3O2S2/c1-5-17(22,6-2)15-10-23-16(19-15)20-24-13-7-8-14(11(3)9-13)18-12(4)21/h7-10,22H,5-6H2,1-4H3,(H,18,21)(H,19,20). The maximum absolute atomic E-state index is 11.1. The minimum absolute atomic E-state index is 0.0775. The Balaban J connectivity index is 2.03. The molecule has 5 nitrogen and oxygen atoms in total. The van der Waals surface area contributed by atoms with Crippen LogP contribution in [0.1, 0.15) is 44.9 Å². The fraction of sp³-hybridized carbons (Fsp3) is 0.412. The lowest BCUT2D eigenvalue weighted by Crippen LogP contribution is -2.23. The quantitative estimate of drug-likeness (QED) is 0.628. The normalized spacial score (nSPS) is 11.4. The van der Waals surface area contributed by atoms with Crippen molar-refractivity contribution < 1.29 is 9.90 Å². The zero-order valence-electron chi connectivity index (χ0n) is 14.3. The maximum atomic E-state index is 11.1. The fourth-order valence-electron chi connectivity index (χ4n) is 2.28. The number of carbonyl (C=O) groups is 1. The summed E-state index contributed by atoms with van der Waals surface area (Å²) in [4.78, 5) is 16.7. The first-order valence-corrected chi connectivity index (χ1v) is 9.57. The number of hydrogen-bond donors (Lipinski definition) is 3. The highest BCUT2D eigenvalue weighted by molar-refractivity contribution is 8.00. The Morgan fingerprint density at radius 2 is 2.08 bits per heavy atom. The molecule has 0 saturated heterocycles. The van der Waals surface area contributed by atoms with Gasteiger partial charge in [0.05, 0.1) is 5.69 Å². The molecule has 0 atom stereocenters. The predicted octanol–water partition coefficient (Wildman–Crippen LogP) is 4.54. The molecule has 1 aromatic heterocycles. The van der Waals surface area contributed by atoms with Crippen molar-refractivity contribution in [3.05, 3.63) is 34.8 Å². The summed E-state index contributed by atoms with van der Waals surface area (Å²) < 4.78 is 3.21. The zero-order chi connectivity index (χ0) is 17.7. The van der Waals surface area contributed by atoms with Gasteiger partial charge in [-0.15, -0.1) is 11.3 Å². The van der Waals surface area contributed by atoms with E-state index in [1.165, 1.54) is 30.2 Å². The molecule has 7 heteroatoms. The lowest BCUT2D eigenvalue weighted by Gasteiger charge is -2.22. The van der Waals surface area contributed by atoms with Crippen LogP contribution in [-0.2, 0) is 10.4 Å². The maximum Gasteiger partial charge on any atom is 0.221 e. The molecule has 0 spiro atoms. The first-order chi connectivity index (χ1) is 11.4. The largest absolute Gasteiger partial charge is 0.384 e. The van der Waals surface area contributed by atoms with Gasteiger partial charge in [-0.25, -0.2) is 4.98 Å². The number of thiazole rings is 1. The average Bonchev–Trinajstić information content (AvgIpc) is 3.03. The second-order valence-corrected chi connectivity index (χ2v) is 7.38. The van der Waals surface area contributed by atoms with Gasteiger partial charge in [0.25, 0.3) is 0 Å². The summed E-state index contributed by atoms with van der Waals surface area (Å²) in [6.07, 6.45) is 1.28. The lowest BCUT2D eigenvalue weighted by molar-refractivity contribution is -0.114. The van der Waals surface area contributed by atoms with E-state index < -0.39 is 5.60 Å². The Kier molecular flexibility index (Phi) is 6.26. The van der Waals surface area contributed by atoms with Crippen molar-refractivity contribution in [3.63, 3.8) is 0 Å². The van der Waals surface area contributed by atoms with Gasteiger partial charge in [-0.2, -0.15) is 0 Å². The molecule has 2 aromatic rings. The Labute approximate surface area is 151 Å². The summed E-state index contributed by atoms with van der Waals surface area (Å²) >= 11 is 2.94. The summed E-state index contributed by atoms with van der Waals surface area (Å²) in [5.41, 5.74) is 1.69. The number of aliphatic hydroxyl groups is 1. The van der Waals surface area contributed by atoms with E-state index in [9.17, 15) is 9.90 Å². The third-order valence-corrected chi connectivity index (χ3v) is 5.59. The van der Waals surface area contributed by atoms with Crippen LogP contribution in [0.3, 0.4) is 0 Å². The van der Waals surface area contributed by atoms with Crippen molar-refractivity contribution in [2.24, 2.45) is 0 Å². The number of anilines is 2. The van der Waals surface area contributed by atoms with Gasteiger partial charge in [0.15, 0.2) is 5.13 Å². The van der Waals surface area contributed by atoms with Crippen LogP contribution in [-0.4, -0.2) is 16.0 Å². The minimum Gasteiger partial charge on any atom is -0.384 e. The molecule has 1 heterocycles. The van der Waals surface area contributed by atoms with Crippen LogP contribution < -0.4 is 10.0 Å². The minimum atomic E-state index is -0.850. The molecule has 0 aliphatic rings. The molecule has 0 unspecified atom stereocenters. The van der Waals surface area contributed by atoms with Crippen molar-refractivity contribution in [1.82, 2.24) is 4.98 Å². The molecule has 0 aliphatic carbocycles. The van der Waals surface area contributed by atoms with Crippen molar-refractivity contribution in [1.29, 1.82) is 0 Å². The third kappa shape index (κ3) is 4.49. The first-order valence-electron chi connectivity index (χ1n) is 7.87. The highest BCUT2D eigenvalue weighted by Gasteiger charge is 2.27. The van der Waals surface area contributed by atoms with E-state index in [1.807, 2.05) is 44.4 Å². The summed E-state index contributed by atoms with van der Waals surface area (Å²) in [7, 11) is 0. The van der Waals surface area contributed by atoms with Crippen molar-refractivity contribution >= 4 is 40.0 Å². The van der Waals surface area contributed by atoms with Crippen molar-refractivity contribution in [2.45, 2.75) is 51.0 Å². The SMILES string of the molecule is CCC(O)(CC)c1csc(NSc2ccc(NC(C)=O)c(C)c2)n1. The van der Waals surface area contributed by atoms with Gasteiger partial charge in [-0.1, -0.05) is 13.8 Å². The summed E-state index contributed by atoms with van der Waals surface area (Å²) in [5, 5.41) is 16.0. The van der Waals surface area contributed by atoms with E-state index in [0.717, 1.165) is 27.0 Å². The number of carbonyl (C=O) groups excluding carboxylic acids is 1. The van der Waals surface area contributed by atoms with E-state index in [0.29, 0.717) is 12.8 Å². The van der Waals surface area contributed by atoms with Gasteiger partial charge < -0.3 is 15.1 Å². The topological polar surface area (TPSA) is 74.2 Å².